The lowest BCUT2D eigenvalue weighted by molar-refractivity contribution is -0.141. The Bertz CT molecular complexity index is 198. The molecular formula is C9H15FN2O. The molecule has 2 heterocycles. The second kappa shape index (κ2) is 3.62. The van der Waals surface area contributed by atoms with E-state index in [0.717, 1.165) is 19.5 Å². The van der Waals surface area contributed by atoms with Crippen LogP contribution in [0.4, 0.5) is 4.39 Å². The molecule has 2 saturated heterocycles. The van der Waals surface area contributed by atoms with Gasteiger partial charge in [0.05, 0.1) is 12.6 Å². The predicted molar refractivity (Wildman–Crippen MR) is 47.0 cm³/mol. The fraction of sp³-hybridized carbons (Fsp3) is 0.889. The van der Waals surface area contributed by atoms with E-state index in [-0.39, 0.29) is 24.4 Å². The van der Waals surface area contributed by atoms with Gasteiger partial charge in [0.15, 0.2) is 0 Å². The zero-order chi connectivity index (χ0) is 9.26. The van der Waals surface area contributed by atoms with Gasteiger partial charge in [0.1, 0.15) is 0 Å². The standard InChI is InChI=1S/C9H15FN2O/c10-3-7-5-12(6-7)9(13)8-1-2-11-4-8/h7-8,11H,1-6H2/t8-/m0/s1. The maximum Gasteiger partial charge on any atom is 0.227 e. The van der Waals surface area contributed by atoms with Gasteiger partial charge in [-0.2, -0.15) is 0 Å². The van der Waals surface area contributed by atoms with E-state index < -0.39 is 0 Å². The summed E-state index contributed by atoms with van der Waals surface area (Å²) in [5, 5.41) is 3.16. The van der Waals surface area contributed by atoms with Crippen molar-refractivity contribution < 1.29 is 9.18 Å². The molecule has 1 amide bonds. The largest absolute Gasteiger partial charge is 0.342 e. The molecule has 4 heteroatoms. The normalized spacial score (nSPS) is 29.0. The van der Waals surface area contributed by atoms with Gasteiger partial charge >= 0.3 is 0 Å². The molecule has 1 atom stereocenters. The maximum atomic E-state index is 12.1. The number of carbonyl (C=O) groups is 1. The molecule has 0 spiro atoms. The lowest BCUT2D eigenvalue weighted by Gasteiger charge is -2.39. The fourth-order valence-electron chi connectivity index (χ4n) is 1.97. The Morgan fingerprint density at radius 3 is 2.85 bits per heavy atom. The molecule has 0 bridgehead atoms. The molecule has 13 heavy (non-hydrogen) atoms. The second-order valence-corrected chi connectivity index (χ2v) is 3.95. The Labute approximate surface area is 77.3 Å². The lowest BCUT2D eigenvalue weighted by Crippen LogP contribution is -2.53. The summed E-state index contributed by atoms with van der Waals surface area (Å²) in [7, 11) is 0. The Hall–Kier alpha value is -0.640. The summed E-state index contributed by atoms with van der Waals surface area (Å²) in [5.41, 5.74) is 0. The van der Waals surface area contributed by atoms with Crippen LogP contribution in [0.3, 0.4) is 0 Å². The van der Waals surface area contributed by atoms with Gasteiger partial charge in [-0.3, -0.25) is 9.18 Å². The molecule has 0 unspecified atom stereocenters. The van der Waals surface area contributed by atoms with Gasteiger partial charge in [0.25, 0.3) is 0 Å². The number of nitrogens with zero attached hydrogens (tertiary/aromatic N) is 1. The van der Waals surface area contributed by atoms with Crippen molar-refractivity contribution in [1.82, 2.24) is 10.2 Å². The summed E-state index contributed by atoms with van der Waals surface area (Å²) in [6.07, 6.45) is 0.940. The van der Waals surface area contributed by atoms with Gasteiger partial charge in [-0.05, 0) is 13.0 Å². The minimum atomic E-state index is -0.285. The number of hydrogen-bond donors (Lipinski definition) is 1. The van der Waals surface area contributed by atoms with Crippen LogP contribution in [0, 0.1) is 11.8 Å². The molecule has 2 aliphatic rings. The predicted octanol–water partition coefficient (Wildman–Crippen LogP) is 0.0238. The van der Waals surface area contributed by atoms with Crippen LogP contribution in [0.5, 0.6) is 0 Å². The van der Waals surface area contributed by atoms with Crippen LogP contribution in [-0.4, -0.2) is 43.7 Å². The van der Waals surface area contributed by atoms with Gasteiger partial charge < -0.3 is 10.2 Å². The second-order valence-electron chi connectivity index (χ2n) is 3.95. The number of amides is 1. The molecule has 2 fully saturated rings. The summed E-state index contributed by atoms with van der Waals surface area (Å²) in [4.78, 5) is 13.4. The zero-order valence-corrected chi connectivity index (χ0v) is 7.63. The van der Waals surface area contributed by atoms with Crippen molar-refractivity contribution in [3.05, 3.63) is 0 Å². The molecule has 3 nitrogen and oxygen atoms in total. The Balaban J connectivity index is 1.78. The summed E-state index contributed by atoms with van der Waals surface area (Å²) in [5.74, 6) is 0.480. The van der Waals surface area contributed by atoms with Crippen LogP contribution in [0.1, 0.15) is 6.42 Å². The van der Waals surface area contributed by atoms with Crippen molar-refractivity contribution in [2.75, 3.05) is 32.9 Å². The molecular weight excluding hydrogens is 171 g/mol. The summed E-state index contributed by atoms with van der Waals surface area (Å²) < 4.78 is 12.1. The average Bonchev–Trinajstić information content (AvgIpc) is 2.53. The van der Waals surface area contributed by atoms with Crippen LogP contribution < -0.4 is 5.32 Å². The van der Waals surface area contributed by atoms with Crippen LogP contribution >= 0.6 is 0 Å². The van der Waals surface area contributed by atoms with Crippen molar-refractivity contribution in [1.29, 1.82) is 0 Å². The average molecular weight is 186 g/mol. The minimum Gasteiger partial charge on any atom is -0.342 e. The van der Waals surface area contributed by atoms with Crippen LogP contribution in [-0.2, 0) is 4.79 Å². The minimum absolute atomic E-state index is 0.110. The van der Waals surface area contributed by atoms with E-state index in [2.05, 4.69) is 5.32 Å². The van der Waals surface area contributed by atoms with Gasteiger partial charge in [-0.15, -0.1) is 0 Å². The highest BCUT2D eigenvalue weighted by Gasteiger charge is 2.35. The SMILES string of the molecule is O=C([C@H]1CCNC1)N1CC(CF)C1. The molecule has 0 saturated carbocycles. The Kier molecular flexibility index (Phi) is 2.49. The van der Waals surface area contributed by atoms with E-state index in [1.807, 2.05) is 0 Å². The number of rotatable bonds is 2. The van der Waals surface area contributed by atoms with Crippen LogP contribution in [0.25, 0.3) is 0 Å². The monoisotopic (exact) mass is 186 g/mol. The number of carbonyl (C=O) groups excluding carboxylic acids is 1. The number of halogens is 1. The van der Waals surface area contributed by atoms with Gasteiger partial charge in [0.2, 0.25) is 5.91 Å². The third kappa shape index (κ3) is 1.68. The maximum absolute atomic E-state index is 12.1. The van der Waals surface area contributed by atoms with Crippen LogP contribution in [0.2, 0.25) is 0 Å². The highest BCUT2D eigenvalue weighted by atomic mass is 19.1. The molecule has 0 aromatic heterocycles. The molecule has 0 aliphatic carbocycles. The van der Waals surface area contributed by atoms with Crippen molar-refractivity contribution in [2.24, 2.45) is 11.8 Å². The van der Waals surface area contributed by atoms with Crippen molar-refractivity contribution in [2.45, 2.75) is 6.42 Å². The molecule has 1 N–H and O–H groups in total. The van der Waals surface area contributed by atoms with Crippen molar-refractivity contribution in [3.63, 3.8) is 0 Å². The smallest absolute Gasteiger partial charge is 0.227 e. The first kappa shape index (κ1) is 8.94. The van der Waals surface area contributed by atoms with Gasteiger partial charge in [0, 0.05) is 25.6 Å². The third-order valence-corrected chi connectivity index (χ3v) is 2.90. The van der Waals surface area contributed by atoms with Crippen molar-refractivity contribution in [3.8, 4) is 0 Å². The molecule has 2 rings (SSSR count). The van der Waals surface area contributed by atoms with E-state index in [0.29, 0.717) is 13.1 Å². The third-order valence-electron chi connectivity index (χ3n) is 2.90. The quantitative estimate of drug-likeness (QED) is 0.659. The first-order valence-electron chi connectivity index (χ1n) is 4.86. The van der Waals surface area contributed by atoms with E-state index >= 15 is 0 Å². The zero-order valence-electron chi connectivity index (χ0n) is 7.63. The summed E-state index contributed by atoms with van der Waals surface area (Å²) in [6.45, 7) is 2.72. The van der Waals surface area contributed by atoms with Crippen molar-refractivity contribution >= 4 is 5.91 Å². The van der Waals surface area contributed by atoms with Gasteiger partial charge in [-0.1, -0.05) is 0 Å². The van der Waals surface area contributed by atoms with Crippen LogP contribution in [0.15, 0.2) is 0 Å². The molecule has 0 radical (unpaired) electrons. The fourth-order valence-corrected chi connectivity index (χ4v) is 1.97. The number of likely N-dealkylation sites (tertiary alicyclic amines) is 1. The lowest BCUT2D eigenvalue weighted by atomic mass is 9.98. The molecule has 0 aromatic rings. The molecule has 74 valence electrons. The van der Waals surface area contributed by atoms with E-state index in [4.69, 9.17) is 0 Å². The van der Waals surface area contributed by atoms with E-state index in [1.54, 1.807) is 4.90 Å². The van der Waals surface area contributed by atoms with E-state index in [1.165, 1.54) is 0 Å². The molecule has 2 aliphatic heterocycles. The highest BCUT2D eigenvalue weighted by Crippen LogP contribution is 2.20. The number of alkyl halides is 1. The van der Waals surface area contributed by atoms with E-state index in [9.17, 15) is 9.18 Å². The Morgan fingerprint density at radius 2 is 2.31 bits per heavy atom. The first-order valence-corrected chi connectivity index (χ1v) is 4.86. The Morgan fingerprint density at radius 1 is 1.54 bits per heavy atom. The summed E-state index contributed by atoms with van der Waals surface area (Å²) in [6, 6.07) is 0. The van der Waals surface area contributed by atoms with Gasteiger partial charge in [-0.25, -0.2) is 0 Å². The number of nitrogens with one attached hydrogen (secondary N) is 1. The first-order chi connectivity index (χ1) is 6.31. The topological polar surface area (TPSA) is 32.3 Å². The molecule has 0 aromatic carbocycles. The number of hydrogen-bond acceptors (Lipinski definition) is 2. The highest BCUT2D eigenvalue weighted by molar-refractivity contribution is 5.80. The summed E-state index contributed by atoms with van der Waals surface area (Å²) >= 11 is 0.